The van der Waals surface area contributed by atoms with E-state index < -0.39 is 0 Å². The second-order valence-corrected chi connectivity index (χ2v) is 7.11. The summed E-state index contributed by atoms with van der Waals surface area (Å²) >= 11 is 3.38. The van der Waals surface area contributed by atoms with Gasteiger partial charge < -0.3 is 0 Å². The van der Waals surface area contributed by atoms with Gasteiger partial charge in [-0.3, -0.25) is 0 Å². The number of hydrogen-bond donors (Lipinski definition) is 0. The highest BCUT2D eigenvalue weighted by atomic mass is 32.2. The topological polar surface area (TPSA) is 49.6 Å². The third-order valence-corrected chi connectivity index (χ3v) is 5.64. The highest BCUT2D eigenvalue weighted by Crippen LogP contribution is 2.38. The Labute approximate surface area is 144 Å². The van der Waals surface area contributed by atoms with Crippen molar-refractivity contribution in [3.8, 4) is 17.2 Å². The van der Waals surface area contributed by atoms with Crippen molar-refractivity contribution >= 4 is 33.3 Å². The first-order chi connectivity index (χ1) is 11.3. The zero-order chi connectivity index (χ0) is 16.1. The molecule has 0 bridgehead atoms. The number of unbranched alkanes of at least 4 members (excludes halogenated alkanes) is 1. The number of fused-ring (bicyclic) bond motifs is 1. The fraction of sp³-hybridized carbons (Fsp3) is 0.278. The van der Waals surface area contributed by atoms with Gasteiger partial charge in [0.05, 0.1) is 11.5 Å². The molecule has 3 nitrogen and oxygen atoms in total. The molecule has 0 unspecified atom stereocenters. The van der Waals surface area contributed by atoms with Crippen molar-refractivity contribution in [2.24, 2.45) is 0 Å². The minimum atomic E-state index is 0.593. The maximum absolute atomic E-state index is 8.65. The third kappa shape index (κ3) is 3.54. The molecule has 2 aromatic heterocycles. The Hall–Kier alpha value is -1.90. The number of hydrogen-bond acceptors (Lipinski definition) is 5. The fourth-order valence-corrected chi connectivity index (χ4v) is 4.34. The number of nitriles is 1. The maximum atomic E-state index is 8.65. The lowest BCUT2D eigenvalue weighted by atomic mass is 10.0. The van der Waals surface area contributed by atoms with Crippen LogP contribution in [0.2, 0.25) is 0 Å². The van der Waals surface area contributed by atoms with Crippen LogP contribution in [0.3, 0.4) is 0 Å². The van der Waals surface area contributed by atoms with E-state index in [0.717, 1.165) is 33.8 Å². The van der Waals surface area contributed by atoms with Gasteiger partial charge in [-0.05, 0) is 24.0 Å². The Morgan fingerprint density at radius 3 is 2.78 bits per heavy atom. The van der Waals surface area contributed by atoms with E-state index in [2.05, 4.69) is 52.6 Å². The summed E-state index contributed by atoms with van der Waals surface area (Å²) < 4.78 is 0. The molecule has 0 N–H and O–H groups in total. The van der Waals surface area contributed by atoms with E-state index in [0.29, 0.717) is 6.42 Å². The van der Waals surface area contributed by atoms with E-state index in [1.165, 1.54) is 16.7 Å². The minimum Gasteiger partial charge on any atom is -0.229 e. The third-order valence-electron chi connectivity index (χ3n) is 3.68. The second kappa shape index (κ2) is 7.58. The summed E-state index contributed by atoms with van der Waals surface area (Å²) in [5, 5.41) is 13.0. The highest BCUT2D eigenvalue weighted by Gasteiger charge is 2.13. The number of aromatic nitrogens is 2. The van der Waals surface area contributed by atoms with Crippen LogP contribution in [-0.2, 0) is 6.42 Å². The SMILES string of the molecule is CCc1ccc(-c2csc3ncnc(SCCCC#N)c23)cc1. The van der Waals surface area contributed by atoms with Crippen molar-refractivity contribution in [2.75, 3.05) is 5.75 Å². The quantitative estimate of drug-likeness (QED) is 0.346. The molecular weight excluding hydrogens is 322 g/mol. The zero-order valence-corrected chi connectivity index (χ0v) is 14.6. The first kappa shape index (κ1) is 16.0. The molecule has 2 heterocycles. The van der Waals surface area contributed by atoms with Crippen LogP contribution < -0.4 is 0 Å². The summed E-state index contributed by atoms with van der Waals surface area (Å²) in [6.07, 6.45) is 4.16. The van der Waals surface area contributed by atoms with Gasteiger partial charge in [-0.15, -0.1) is 23.1 Å². The van der Waals surface area contributed by atoms with Crippen molar-refractivity contribution in [3.05, 3.63) is 41.5 Å². The minimum absolute atomic E-state index is 0.593. The highest BCUT2D eigenvalue weighted by molar-refractivity contribution is 7.99. The summed E-state index contributed by atoms with van der Waals surface area (Å²) in [6, 6.07) is 10.9. The van der Waals surface area contributed by atoms with Crippen LogP contribution in [0.15, 0.2) is 41.0 Å². The molecule has 3 rings (SSSR count). The van der Waals surface area contributed by atoms with Gasteiger partial charge in [0.2, 0.25) is 0 Å². The normalized spacial score (nSPS) is 10.8. The molecule has 0 aliphatic rings. The van der Waals surface area contributed by atoms with Crippen LogP contribution in [0, 0.1) is 11.3 Å². The zero-order valence-electron chi connectivity index (χ0n) is 13.0. The van der Waals surface area contributed by atoms with Crippen molar-refractivity contribution in [1.29, 1.82) is 5.26 Å². The van der Waals surface area contributed by atoms with Crippen LogP contribution in [-0.4, -0.2) is 15.7 Å². The molecule has 0 amide bonds. The number of thiophene rings is 1. The lowest BCUT2D eigenvalue weighted by Crippen LogP contribution is -1.88. The van der Waals surface area contributed by atoms with Crippen molar-refractivity contribution in [2.45, 2.75) is 31.2 Å². The molecule has 116 valence electrons. The van der Waals surface area contributed by atoms with Crippen LogP contribution in [0.1, 0.15) is 25.3 Å². The summed E-state index contributed by atoms with van der Waals surface area (Å²) in [7, 11) is 0. The van der Waals surface area contributed by atoms with Gasteiger partial charge in [-0.1, -0.05) is 31.2 Å². The summed E-state index contributed by atoms with van der Waals surface area (Å²) in [4.78, 5) is 9.91. The second-order valence-electron chi connectivity index (χ2n) is 5.17. The van der Waals surface area contributed by atoms with Crippen LogP contribution in [0.25, 0.3) is 21.3 Å². The number of nitrogens with zero attached hydrogens (tertiary/aromatic N) is 3. The summed E-state index contributed by atoms with van der Waals surface area (Å²) in [5.74, 6) is 0.906. The van der Waals surface area contributed by atoms with E-state index in [4.69, 9.17) is 5.26 Å². The first-order valence-electron chi connectivity index (χ1n) is 7.64. The van der Waals surface area contributed by atoms with Gasteiger partial charge in [0.25, 0.3) is 0 Å². The molecule has 0 fully saturated rings. The standard InChI is InChI=1S/C18H17N3S2/c1-2-13-5-7-14(8-6-13)15-11-23-18-16(15)17(20-12-21-18)22-10-4-3-9-19/h5-8,11-12H,2-4,10H2,1H3. The smallest absolute Gasteiger partial charge is 0.128 e. The molecule has 0 radical (unpaired) electrons. The number of rotatable bonds is 6. The molecule has 0 saturated heterocycles. The average Bonchev–Trinajstić information content (AvgIpc) is 3.04. The van der Waals surface area contributed by atoms with Gasteiger partial charge in [0.15, 0.2) is 0 Å². The van der Waals surface area contributed by atoms with E-state index >= 15 is 0 Å². The van der Waals surface area contributed by atoms with Gasteiger partial charge in [0, 0.05) is 23.1 Å². The van der Waals surface area contributed by atoms with Gasteiger partial charge in [0.1, 0.15) is 16.2 Å². The lowest BCUT2D eigenvalue weighted by Gasteiger charge is -2.05. The molecule has 0 atom stereocenters. The van der Waals surface area contributed by atoms with E-state index in [9.17, 15) is 0 Å². The Morgan fingerprint density at radius 1 is 1.22 bits per heavy atom. The summed E-state index contributed by atoms with van der Waals surface area (Å²) in [5.41, 5.74) is 3.76. The molecule has 3 aromatic rings. The molecule has 0 aliphatic heterocycles. The Balaban J connectivity index is 1.95. The van der Waals surface area contributed by atoms with Gasteiger partial charge in [-0.2, -0.15) is 5.26 Å². The van der Waals surface area contributed by atoms with Crippen LogP contribution in [0.4, 0.5) is 0 Å². The Kier molecular flexibility index (Phi) is 5.27. The molecule has 1 aromatic carbocycles. The Bertz CT molecular complexity index is 832. The van der Waals surface area contributed by atoms with Gasteiger partial charge in [-0.25, -0.2) is 9.97 Å². The number of thioether (sulfide) groups is 1. The molecule has 23 heavy (non-hydrogen) atoms. The maximum Gasteiger partial charge on any atom is 0.128 e. The van der Waals surface area contributed by atoms with Crippen molar-refractivity contribution in [1.82, 2.24) is 9.97 Å². The Morgan fingerprint density at radius 2 is 2.04 bits per heavy atom. The van der Waals surface area contributed by atoms with Crippen molar-refractivity contribution in [3.63, 3.8) is 0 Å². The monoisotopic (exact) mass is 339 g/mol. The predicted molar refractivity (Wildman–Crippen MR) is 97.8 cm³/mol. The first-order valence-corrected chi connectivity index (χ1v) is 9.51. The van der Waals surface area contributed by atoms with Crippen molar-refractivity contribution < 1.29 is 0 Å². The van der Waals surface area contributed by atoms with Crippen LogP contribution in [0.5, 0.6) is 0 Å². The fourth-order valence-electron chi connectivity index (χ4n) is 2.41. The molecule has 5 heteroatoms. The number of aryl methyl sites for hydroxylation is 1. The predicted octanol–water partition coefficient (Wildman–Crippen LogP) is 5.32. The van der Waals surface area contributed by atoms with Crippen LogP contribution >= 0.6 is 23.1 Å². The van der Waals surface area contributed by atoms with Gasteiger partial charge >= 0.3 is 0 Å². The molecule has 0 spiro atoms. The summed E-state index contributed by atoms with van der Waals surface area (Å²) in [6.45, 7) is 2.17. The molecule has 0 saturated carbocycles. The molecule has 0 aliphatic carbocycles. The molecular formula is C18H17N3S2. The average molecular weight is 339 g/mol. The van der Waals surface area contributed by atoms with E-state index in [1.54, 1.807) is 29.4 Å². The van der Waals surface area contributed by atoms with E-state index in [1.807, 2.05) is 0 Å². The number of benzene rings is 1. The largest absolute Gasteiger partial charge is 0.229 e. The lowest BCUT2D eigenvalue weighted by molar-refractivity contribution is 0.977. The van der Waals surface area contributed by atoms with E-state index in [-0.39, 0.29) is 0 Å².